The summed E-state index contributed by atoms with van der Waals surface area (Å²) in [6.45, 7) is 5.75. The molecular formula is C14H21FN2O. The average Bonchev–Trinajstić information content (AvgIpc) is 2.36. The van der Waals surface area contributed by atoms with Gasteiger partial charge in [0.25, 0.3) is 0 Å². The van der Waals surface area contributed by atoms with Gasteiger partial charge in [-0.2, -0.15) is 0 Å². The fourth-order valence-corrected chi connectivity index (χ4v) is 2.66. The third-order valence-electron chi connectivity index (χ3n) is 3.58. The van der Waals surface area contributed by atoms with E-state index < -0.39 is 0 Å². The van der Waals surface area contributed by atoms with Crippen molar-refractivity contribution in [3.63, 3.8) is 0 Å². The van der Waals surface area contributed by atoms with Crippen molar-refractivity contribution < 1.29 is 9.13 Å². The van der Waals surface area contributed by atoms with Crippen LogP contribution in [0.5, 0.6) is 0 Å². The summed E-state index contributed by atoms with van der Waals surface area (Å²) >= 11 is 0. The number of hydrogen-bond acceptors (Lipinski definition) is 3. The highest BCUT2D eigenvalue weighted by Gasteiger charge is 2.37. The van der Waals surface area contributed by atoms with Crippen molar-refractivity contribution in [3.05, 3.63) is 29.8 Å². The zero-order chi connectivity index (χ0) is 13.0. The summed E-state index contributed by atoms with van der Waals surface area (Å²) in [5, 5.41) is 3.40. The van der Waals surface area contributed by atoms with Gasteiger partial charge in [-0.15, -0.1) is 0 Å². The van der Waals surface area contributed by atoms with Gasteiger partial charge in [-0.3, -0.25) is 4.98 Å². The van der Waals surface area contributed by atoms with Crippen LogP contribution in [-0.2, 0) is 4.74 Å². The largest absolute Gasteiger partial charge is 0.373 e. The number of nitrogens with zero attached hydrogens (tertiary/aromatic N) is 1. The lowest BCUT2D eigenvalue weighted by Crippen LogP contribution is -2.46. The molecule has 1 aromatic rings. The maximum absolute atomic E-state index is 13.3. The van der Waals surface area contributed by atoms with E-state index in [2.05, 4.69) is 17.2 Å². The van der Waals surface area contributed by atoms with Crippen molar-refractivity contribution in [2.75, 3.05) is 13.2 Å². The molecule has 1 aromatic heterocycles. The van der Waals surface area contributed by atoms with Gasteiger partial charge in [-0.1, -0.05) is 6.92 Å². The molecule has 1 aliphatic rings. The topological polar surface area (TPSA) is 34.2 Å². The Balaban J connectivity index is 2.26. The highest BCUT2D eigenvalue weighted by molar-refractivity contribution is 5.19. The summed E-state index contributed by atoms with van der Waals surface area (Å²) in [5.41, 5.74) is 0.588. The first kappa shape index (κ1) is 13.4. The minimum absolute atomic E-state index is 0.00833. The number of nitrogens with one attached hydrogen (secondary N) is 1. The minimum Gasteiger partial charge on any atom is -0.373 e. The van der Waals surface area contributed by atoms with Gasteiger partial charge >= 0.3 is 0 Å². The van der Waals surface area contributed by atoms with Crippen LogP contribution in [-0.4, -0.2) is 23.7 Å². The lowest BCUT2D eigenvalue weighted by Gasteiger charge is -2.41. The quantitative estimate of drug-likeness (QED) is 0.894. The number of pyridine rings is 1. The van der Waals surface area contributed by atoms with Gasteiger partial charge in [0.2, 0.25) is 0 Å². The maximum Gasteiger partial charge on any atom is 0.141 e. The van der Waals surface area contributed by atoms with E-state index in [0.29, 0.717) is 0 Å². The number of rotatable bonds is 4. The molecule has 1 aliphatic heterocycles. The second-order valence-corrected chi connectivity index (χ2v) is 5.05. The van der Waals surface area contributed by atoms with E-state index >= 15 is 0 Å². The molecule has 0 radical (unpaired) electrons. The fourth-order valence-electron chi connectivity index (χ4n) is 2.66. The normalized spacial score (nSPS) is 25.9. The summed E-state index contributed by atoms with van der Waals surface area (Å²) in [4.78, 5) is 3.94. The maximum atomic E-state index is 13.3. The van der Waals surface area contributed by atoms with Crippen LogP contribution in [0.4, 0.5) is 4.39 Å². The highest BCUT2D eigenvalue weighted by Crippen LogP contribution is 2.36. The molecule has 18 heavy (non-hydrogen) atoms. The summed E-state index contributed by atoms with van der Waals surface area (Å²) in [6, 6.07) is 1.54. The van der Waals surface area contributed by atoms with Crippen LogP contribution in [0.1, 0.15) is 44.7 Å². The molecule has 3 nitrogen and oxygen atoms in total. The first-order chi connectivity index (χ1) is 8.65. The van der Waals surface area contributed by atoms with Crippen LogP contribution < -0.4 is 5.32 Å². The Kier molecular flexibility index (Phi) is 4.30. The molecule has 4 heteroatoms. The van der Waals surface area contributed by atoms with E-state index in [1.165, 1.54) is 6.20 Å². The average molecular weight is 252 g/mol. The van der Waals surface area contributed by atoms with E-state index in [-0.39, 0.29) is 17.5 Å². The van der Waals surface area contributed by atoms with Crippen molar-refractivity contribution in [3.8, 4) is 0 Å². The highest BCUT2D eigenvalue weighted by atomic mass is 19.1. The van der Waals surface area contributed by atoms with Gasteiger partial charge in [0.05, 0.1) is 17.8 Å². The van der Waals surface area contributed by atoms with E-state index in [1.54, 1.807) is 12.3 Å². The van der Waals surface area contributed by atoms with Crippen LogP contribution in [0.2, 0.25) is 0 Å². The Morgan fingerprint density at radius 3 is 2.94 bits per heavy atom. The zero-order valence-corrected chi connectivity index (χ0v) is 11.1. The Bertz CT molecular complexity index is 391. The van der Waals surface area contributed by atoms with Crippen molar-refractivity contribution in [2.45, 2.75) is 44.8 Å². The molecular weight excluding hydrogens is 231 g/mol. The molecule has 2 rings (SSSR count). The summed E-state index contributed by atoms with van der Waals surface area (Å²) in [5.74, 6) is -0.296. The molecule has 0 spiro atoms. The molecule has 0 aromatic carbocycles. The molecule has 0 bridgehead atoms. The summed E-state index contributed by atoms with van der Waals surface area (Å²) in [7, 11) is 0. The number of ether oxygens (including phenoxy) is 1. The Labute approximate surface area is 108 Å². The molecule has 0 aliphatic carbocycles. The van der Waals surface area contributed by atoms with Crippen molar-refractivity contribution in [1.82, 2.24) is 10.3 Å². The van der Waals surface area contributed by atoms with Crippen molar-refractivity contribution in [2.24, 2.45) is 0 Å². The standard InChI is InChI=1S/C14H21FN2O/c1-3-17-13(11-8-12(15)10-16-9-11)14(2)6-4-5-7-18-14/h8-10,13,17H,3-7H2,1-2H3. The van der Waals surface area contributed by atoms with Crippen LogP contribution >= 0.6 is 0 Å². The number of likely N-dealkylation sites (N-methyl/N-ethyl adjacent to an activating group) is 1. The molecule has 0 amide bonds. The smallest absolute Gasteiger partial charge is 0.141 e. The Morgan fingerprint density at radius 1 is 1.50 bits per heavy atom. The van der Waals surface area contributed by atoms with Crippen molar-refractivity contribution >= 4 is 0 Å². The molecule has 2 atom stereocenters. The zero-order valence-electron chi connectivity index (χ0n) is 11.1. The second-order valence-electron chi connectivity index (χ2n) is 5.05. The van der Waals surface area contributed by atoms with Crippen LogP contribution in [0.15, 0.2) is 18.5 Å². The monoisotopic (exact) mass is 252 g/mol. The predicted molar refractivity (Wildman–Crippen MR) is 68.8 cm³/mol. The minimum atomic E-state index is -0.296. The second kappa shape index (κ2) is 5.76. The first-order valence-corrected chi connectivity index (χ1v) is 6.63. The Morgan fingerprint density at radius 2 is 2.33 bits per heavy atom. The number of halogens is 1. The number of hydrogen-bond donors (Lipinski definition) is 1. The predicted octanol–water partition coefficient (Wildman–Crippen LogP) is 2.83. The number of aromatic nitrogens is 1. The summed E-state index contributed by atoms with van der Waals surface area (Å²) < 4.78 is 19.3. The van der Waals surface area contributed by atoms with Crippen LogP contribution in [0.25, 0.3) is 0 Å². The molecule has 1 saturated heterocycles. The van der Waals surface area contributed by atoms with Gasteiger partial charge in [-0.05, 0) is 44.4 Å². The van der Waals surface area contributed by atoms with Gasteiger partial charge < -0.3 is 10.1 Å². The summed E-state index contributed by atoms with van der Waals surface area (Å²) in [6.07, 6.45) is 6.20. The molecule has 100 valence electrons. The SMILES string of the molecule is CCNC(c1cncc(F)c1)C1(C)CCCCO1. The van der Waals surface area contributed by atoms with Gasteiger partial charge in [-0.25, -0.2) is 4.39 Å². The van der Waals surface area contributed by atoms with Gasteiger partial charge in [0.15, 0.2) is 0 Å². The fraction of sp³-hybridized carbons (Fsp3) is 0.643. The molecule has 2 heterocycles. The van der Waals surface area contributed by atoms with E-state index in [0.717, 1.165) is 38.0 Å². The molecule has 0 saturated carbocycles. The van der Waals surface area contributed by atoms with E-state index in [9.17, 15) is 4.39 Å². The lowest BCUT2D eigenvalue weighted by molar-refractivity contribution is -0.0896. The van der Waals surface area contributed by atoms with Crippen LogP contribution in [0.3, 0.4) is 0 Å². The molecule has 1 N–H and O–H groups in total. The van der Waals surface area contributed by atoms with E-state index in [1.807, 2.05) is 6.92 Å². The first-order valence-electron chi connectivity index (χ1n) is 6.63. The van der Waals surface area contributed by atoms with Gasteiger partial charge in [0, 0.05) is 12.8 Å². The van der Waals surface area contributed by atoms with E-state index in [4.69, 9.17) is 4.74 Å². The lowest BCUT2D eigenvalue weighted by atomic mass is 9.84. The molecule has 1 fully saturated rings. The Hall–Kier alpha value is -1.00. The van der Waals surface area contributed by atoms with Gasteiger partial charge in [0.1, 0.15) is 5.82 Å². The third-order valence-corrected chi connectivity index (χ3v) is 3.58. The van der Waals surface area contributed by atoms with Crippen molar-refractivity contribution in [1.29, 1.82) is 0 Å². The molecule has 2 unspecified atom stereocenters. The van der Waals surface area contributed by atoms with Crippen LogP contribution in [0, 0.1) is 5.82 Å². The third kappa shape index (κ3) is 2.87.